The van der Waals surface area contributed by atoms with Crippen LogP contribution >= 0.6 is 11.3 Å². The van der Waals surface area contributed by atoms with Crippen LogP contribution in [0.15, 0.2) is 36.4 Å². The Morgan fingerprint density at radius 2 is 2.00 bits per heavy atom. The molecule has 21 heavy (non-hydrogen) atoms. The quantitative estimate of drug-likeness (QED) is 0.801. The van der Waals surface area contributed by atoms with Gasteiger partial charge in [-0.25, -0.2) is 0 Å². The Kier molecular flexibility index (Phi) is 4.94. The molecule has 3 rings (SSSR count). The SMILES string of the molecule is CC(NCCOc1ccccc1)c1cc2c(s1)CCCC2. The lowest BCUT2D eigenvalue weighted by atomic mass is 9.99. The van der Waals surface area contributed by atoms with Gasteiger partial charge in [0.1, 0.15) is 12.4 Å². The molecule has 112 valence electrons. The van der Waals surface area contributed by atoms with Crippen LogP contribution in [0, 0.1) is 0 Å². The zero-order chi connectivity index (χ0) is 14.5. The first kappa shape index (κ1) is 14.6. The molecule has 1 aliphatic carbocycles. The van der Waals surface area contributed by atoms with E-state index in [2.05, 4.69) is 18.3 Å². The van der Waals surface area contributed by atoms with Crippen LogP contribution in [0.25, 0.3) is 0 Å². The van der Waals surface area contributed by atoms with E-state index in [0.717, 1.165) is 12.3 Å². The van der Waals surface area contributed by atoms with Crippen molar-refractivity contribution in [1.82, 2.24) is 5.32 Å². The van der Waals surface area contributed by atoms with Crippen molar-refractivity contribution >= 4 is 11.3 Å². The third-order valence-electron chi connectivity index (χ3n) is 4.01. The lowest BCUT2D eigenvalue weighted by molar-refractivity contribution is 0.308. The first-order valence-electron chi connectivity index (χ1n) is 7.85. The summed E-state index contributed by atoms with van der Waals surface area (Å²) in [6, 6.07) is 12.8. The lowest BCUT2D eigenvalue weighted by Gasteiger charge is -2.12. The van der Waals surface area contributed by atoms with Crippen molar-refractivity contribution in [2.75, 3.05) is 13.2 Å². The van der Waals surface area contributed by atoms with E-state index in [1.165, 1.54) is 30.6 Å². The van der Waals surface area contributed by atoms with Gasteiger partial charge in [-0.05, 0) is 56.4 Å². The Bertz CT molecular complexity index is 540. The Labute approximate surface area is 131 Å². The molecule has 2 aromatic rings. The molecule has 0 radical (unpaired) electrons. The second-order valence-corrected chi connectivity index (χ2v) is 6.81. The molecule has 0 saturated heterocycles. The number of hydrogen-bond donors (Lipinski definition) is 1. The number of rotatable bonds is 6. The number of fused-ring (bicyclic) bond motifs is 1. The predicted molar refractivity (Wildman–Crippen MR) is 89.3 cm³/mol. The second-order valence-electron chi connectivity index (χ2n) is 5.64. The van der Waals surface area contributed by atoms with E-state index in [4.69, 9.17) is 4.74 Å². The van der Waals surface area contributed by atoms with Gasteiger partial charge in [0.15, 0.2) is 0 Å². The predicted octanol–water partition coefficient (Wildman–Crippen LogP) is 4.36. The van der Waals surface area contributed by atoms with Gasteiger partial charge in [0.2, 0.25) is 0 Å². The van der Waals surface area contributed by atoms with Crippen molar-refractivity contribution in [1.29, 1.82) is 0 Å². The maximum Gasteiger partial charge on any atom is 0.119 e. The van der Waals surface area contributed by atoms with Crippen LogP contribution in [0.4, 0.5) is 0 Å². The molecule has 1 aliphatic rings. The van der Waals surface area contributed by atoms with E-state index >= 15 is 0 Å². The maximum absolute atomic E-state index is 5.71. The van der Waals surface area contributed by atoms with Gasteiger partial charge < -0.3 is 10.1 Å². The minimum Gasteiger partial charge on any atom is -0.492 e. The topological polar surface area (TPSA) is 21.3 Å². The molecule has 0 bridgehead atoms. The van der Waals surface area contributed by atoms with Gasteiger partial charge >= 0.3 is 0 Å². The van der Waals surface area contributed by atoms with E-state index in [1.54, 1.807) is 10.4 Å². The number of ether oxygens (including phenoxy) is 1. The molecular formula is C18H23NOS. The average molecular weight is 301 g/mol. The number of nitrogens with one attached hydrogen (secondary N) is 1. The Morgan fingerprint density at radius 3 is 2.81 bits per heavy atom. The molecule has 2 nitrogen and oxygen atoms in total. The van der Waals surface area contributed by atoms with E-state index in [9.17, 15) is 0 Å². The van der Waals surface area contributed by atoms with Gasteiger partial charge in [-0.15, -0.1) is 11.3 Å². The largest absolute Gasteiger partial charge is 0.492 e. The highest BCUT2D eigenvalue weighted by molar-refractivity contribution is 7.12. The highest BCUT2D eigenvalue weighted by atomic mass is 32.1. The fraction of sp³-hybridized carbons (Fsp3) is 0.444. The van der Waals surface area contributed by atoms with Gasteiger partial charge in [0, 0.05) is 22.3 Å². The first-order chi connectivity index (χ1) is 10.3. The smallest absolute Gasteiger partial charge is 0.119 e. The van der Waals surface area contributed by atoms with Gasteiger partial charge in [0.25, 0.3) is 0 Å². The summed E-state index contributed by atoms with van der Waals surface area (Å²) in [5.74, 6) is 0.943. The highest BCUT2D eigenvalue weighted by Gasteiger charge is 2.16. The molecule has 0 saturated carbocycles. The molecule has 1 aromatic heterocycles. The number of benzene rings is 1. The van der Waals surface area contributed by atoms with E-state index < -0.39 is 0 Å². The Balaban J connectivity index is 1.46. The van der Waals surface area contributed by atoms with Crippen molar-refractivity contribution < 1.29 is 4.74 Å². The van der Waals surface area contributed by atoms with Gasteiger partial charge in [-0.3, -0.25) is 0 Å². The fourth-order valence-electron chi connectivity index (χ4n) is 2.79. The van der Waals surface area contributed by atoms with E-state index in [0.29, 0.717) is 12.6 Å². The molecule has 0 aliphatic heterocycles. The zero-order valence-electron chi connectivity index (χ0n) is 12.6. The molecule has 0 spiro atoms. The fourth-order valence-corrected chi connectivity index (χ4v) is 4.07. The normalized spacial score (nSPS) is 15.5. The van der Waals surface area contributed by atoms with Crippen molar-refractivity contribution in [3.8, 4) is 5.75 Å². The van der Waals surface area contributed by atoms with Crippen molar-refractivity contribution in [2.24, 2.45) is 0 Å². The van der Waals surface area contributed by atoms with Crippen LogP contribution in [-0.4, -0.2) is 13.2 Å². The van der Waals surface area contributed by atoms with Crippen molar-refractivity contribution in [3.63, 3.8) is 0 Å². The molecular weight excluding hydrogens is 278 g/mol. The molecule has 1 N–H and O–H groups in total. The van der Waals surface area contributed by atoms with Crippen LogP contribution in [0.3, 0.4) is 0 Å². The van der Waals surface area contributed by atoms with Crippen LogP contribution in [-0.2, 0) is 12.8 Å². The highest BCUT2D eigenvalue weighted by Crippen LogP contribution is 2.32. The average Bonchev–Trinajstić information content (AvgIpc) is 2.96. The zero-order valence-corrected chi connectivity index (χ0v) is 13.4. The monoisotopic (exact) mass is 301 g/mol. The summed E-state index contributed by atoms with van der Waals surface area (Å²) < 4.78 is 5.71. The molecule has 1 atom stereocenters. The Hall–Kier alpha value is -1.32. The van der Waals surface area contributed by atoms with Crippen LogP contribution in [0.5, 0.6) is 5.75 Å². The molecule has 1 heterocycles. The minimum atomic E-state index is 0.417. The molecule has 1 unspecified atom stereocenters. The molecule has 3 heteroatoms. The summed E-state index contributed by atoms with van der Waals surface area (Å²) >= 11 is 1.99. The first-order valence-corrected chi connectivity index (χ1v) is 8.67. The summed E-state index contributed by atoms with van der Waals surface area (Å²) in [6.45, 7) is 3.83. The van der Waals surface area contributed by atoms with E-state index in [1.807, 2.05) is 41.7 Å². The summed E-state index contributed by atoms with van der Waals surface area (Å²) in [6.07, 6.45) is 5.27. The van der Waals surface area contributed by atoms with Crippen LogP contribution in [0.2, 0.25) is 0 Å². The van der Waals surface area contributed by atoms with Gasteiger partial charge in [-0.1, -0.05) is 18.2 Å². The lowest BCUT2D eigenvalue weighted by Crippen LogP contribution is -2.23. The standard InChI is InChI=1S/C18H23NOS/c1-14(18-13-15-7-5-6-10-17(15)21-18)19-11-12-20-16-8-3-2-4-9-16/h2-4,8-9,13-14,19H,5-7,10-12H2,1H3. The van der Waals surface area contributed by atoms with Crippen molar-refractivity contribution in [2.45, 2.75) is 38.6 Å². The van der Waals surface area contributed by atoms with E-state index in [-0.39, 0.29) is 0 Å². The molecule has 0 amide bonds. The van der Waals surface area contributed by atoms with Gasteiger partial charge in [-0.2, -0.15) is 0 Å². The molecule has 0 fully saturated rings. The number of thiophene rings is 1. The summed E-state index contributed by atoms with van der Waals surface area (Å²) in [4.78, 5) is 3.09. The number of para-hydroxylation sites is 1. The van der Waals surface area contributed by atoms with Gasteiger partial charge in [0.05, 0.1) is 0 Å². The van der Waals surface area contributed by atoms with Crippen LogP contribution in [0.1, 0.15) is 41.1 Å². The minimum absolute atomic E-state index is 0.417. The second kappa shape index (κ2) is 7.10. The van der Waals surface area contributed by atoms with Crippen molar-refractivity contribution in [3.05, 3.63) is 51.7 Å². The van der Waals surface area contributed by atoms with Crippen LogP contribution < -0.4 is 10.1 Å². The number of aryl methyl sites for hydroxylation is 2. The molecule has 1 aromatic carbocycles. The third-order valence-corrected chi connectivity index (χ3v) is 5.43. The summed E-state index contributed by atoms with van der Waals surface area (Å²) in [5.41, 5.74) is 1.59. The maximum atomic E-state index is 5.71. The number of hydrogen-bond acceptors (Lipinski definition) is 3. The Morgan fingerprint density at radius 1 is 1.19 bits per heavy atom. The summed E-state index contributed by atoms with van der Waals surface area (Å²) in [5, 5.41) is 3.56. The summed E-state index contributed by atoms with van der Waals surface area (Å²) in [7, 11) is 0. The third kappa shape index (κ3) is 3.86.